The molecule has 0 saturated carbocycles. The Morgan fingerprint density at radius 3 is 2.46 bits per heavy atom. The van der Waals surface area contributed by atoms with Crippen molar-refractivity contribution in [3.8, 4) is 0 Å². The van der Waals surface area contributed by atoms with Gasteiger partial charge < -0.3 is 5.11 Å². The predicted molar refractivity (Wildman–Crippen MR) is 62.2 cm³/mol. The van der Waals surface area contributed by atoms with Crippen molar-refractivity contribution in [2.24, 2.45) is 0 Å². The zero-order chi connectivity index (χ0) is 10.1. The summed E-state index contributed by atoms with van der Waals surface area (Å²) in [4.78, 5) is 0. The average Bonchev–Trinajstić information content (AvgIpc) is 2.05. The highest BCUT2D eigenvalue weighted by Gasteiger charge is 1.89. The molecule has 0 amide bonds. The van der Waals surface area contributed by atoms with Gasteiger partial charge in [-0.25, -0.2) is 0 Å². The first-order chi connectivity index (χ1) is 6.20. The molecule has 0 radical (unpaired) electrons. The molecule has 0 rings (SSSR count). The highest BCUT2D eigenvalue weighted by Crippen LogP contribution is 2.08. The lowest BCUT2D eigenvalue weighted by Gasteiger charge is -1.99. The Morgan fingerprint density at radius 2 is 1.92 bits per heavy atom. The van der Waals surface area contributed by atoms with Crippen molar-refractivity contribution in [1.82, 2.24) is 0 Å². The largest absolute Gasteiger partial charge is 0.392 e. The number of allylic oxidation sites excluding steroid dienone is 2. The van der Waals surface area contributed by atoms with Gasteiger partial charge in [-0.05, 0) is 32.9 Å². The Balaban J connectivity index is 3.65. The summed E-state index contributed by atoms with van der Waals surface area (Å²) in [5.74, 6) is 1.13. The summed E-state index contributed by atoms with van der Waals surface area (Å²) in [5.41, 5.74) is 2.72. The zero-order valence-corrected chi connectivity index (χ0v) is 9.66. The molecular formula is C11H20OS. The van der Waals surface area contributed by atoms with Crippen molar-refractivity contribution in [3.63, 3.8) is 0 Å². The van der Waals surface area contributed by atoms with Gasteiger partial charge in [0.15, 0.2) is 0 Å². The van der Waals surface area contributed by atoms with Crippen LogP contribution in [0, 0.1) is 0 Å². The quantitative estimate of drug-likeness (QED) is 0.665. The molecule has 0 aromatic carbocycles. The van der Waals surface area contributed by atoms with E-state index in [4.69, 9.17) is 5.11 Å². The molecule has 0 fully saturated rings. The van der Waals surface area contributed by atoms with Gasteiger partial charge in [0.25, 0.3) is 0 Å². The fraction of sp³-hybridized carbons (Fsp3) is 0.636. The van der Waals surface area contributed by atoms with E-state index in [0.717, 1.165) is 18.6 Å². The second-order valence-corrected chi connectivity index (χ2v) is 4.12. The topological polar surface area (TPSA) is 20.2 Å². The first-order valence-electron chi connectivity index (χ1n) is 4.61. The lowest BCUT2D eigenvalue weighted by atomic mass is 10.1. The zero-order valence-electron chi connectivity index (χ0n) is 8.84. The minimum atomic E-state index is 0.166. The van der Waals surface area contributed by atoms with Crippen LogP contribution in [0.5, 0.6) is 0 Å². The third-order valence-electron chi connectivity index (χ3n) is 1.84. The average molecular weight is 200 g/mol. The van der Waals surface area contributed by atoms with E-state index >= 15 is 0 Å². The van der Waals surface area contributed by atoms with E-state index in [2.05, 4.69) is 26.2 Å². The van der Waals surface area contributed by atoms with Crippen LogP contribution >= 0.6 is 11.8 Å². The van der Waals surface area contributed by atoms with Gasteiger partial charge in [0.2, 0.25) is 0 Å². The van der Waals surface area contributed by atoms with Crippen LogP contribution in [0.1, 0.15) is 26.7 Å². The number of rotatable bonds is 6. The molecule has 0 aliphatic heterocycles. The number of thioether (sulfide) groups is 1. The van der Waals surface area contributed by atoms with Crippen LogP contribution in [-0.4, -0.2) is 23.7 Å². The number of aliphatic hydroxyl groups excluding tert-OH is 1. The summed E-state index contributed by atoms with van der Waals surface area (Å²) in [7, 11) is 0. The summed E-state index contributed by atoms with van der Waals surface area (Å²) in [6.45, 7) is 4.40. The molecule has 0 unspecified atom stereocenters. The lowest BCUT2D eigenvalue weighted by Crippen LogP contribution is -1.83. The monoisotopic (exact) mass is 200 g/mol. The Hall–Kier alpha value is -0.210. The Morgan fingerprint density at radius 1 is 1.23 bits per heavy atom. The highest BCUT2D eigenvalue weighted by molar-refractivity contribution is 7.98. The molecule has 1 N–H and O–H groups in total. The standard InChI is InChI=1S/C11H20OS/c1-10(7-8-12)5-4-6-11(2)9-13-3/h6-7,12H,4-5,8-9H2,1-3H3/b10-7+,11-6+. The molecule has 76 valence electrons. The number of hydrogen-bond donors (Lipinski definition) is 1. The highest BCUT2D eigenvalue weighted by atomic mass is 32.2. The summed E-state index contributed by atoms with van der Waals surface area (Å²) < 4.78 is 0. The number of hydrogen-bond acceptors (Lipinski definition) is 2. The molecule has 0 aromatic heterocycles. The van der Waals surface area contributed by atoms with Crippen LogP contribution in [0.3, 0.4) is 0 Å². The molecule has 0 saturated heterocycles. The second kappa shape index (κ2) is 8.39. The molecule has 0 aromatic rings. The fourth-order valence-electron chi connectivity index (χ4n) is 1.09. The predicted octanol–water partition coefficient (Wildman–Crippen LogP) is 3.01. The molecule has 0 heterocycles. The molecule has 2 heteroatoms. The van der Waals surface area contributed by atoms with Gasteiger partial charge in [-0.15, -0.1) is 0 Å². The molecule has 0 aliphatic rings. The van der Waals surface area contributed by atoms with E-state index in [-0.39, 0.29) is 6.61 Å². The Bertz CT molecular complexity index is 183. The van der Waals surface area contributed by atoms with E-state index in [1.54, 1.807) is 0 Å². The minimum absolute atomic E-state index is 0.166. The van der Waals surface area contributed by atoms with Crippen LogP contribution in [0.15, 0.2) is 23.3 Å². The first kappa shape index (κ1) is 12.8. The van der Waals surface area contributed by atoms with E-state index in [0.29, 0.717) is 0 Å². The molecule has 1 nitrogen and oxygen atoms in total. The summed E-state index contributed by atoms with van der Waals surface area (Å²) in [6, 6.07) is 0. The maximum absolute atomic E-state index is 8.63. The van der Waals surface area contributed by atoms with E-state index in [9.17, 15) is 0 Å². The molecule has 0 spiro atoms. The van der Waals surface area contributed by atoms with Crippen LogP contribution in [-0.2, 0) is 0 Å². The molecule has 0 bridgehead atoms. The van der Waals surface area contributed by atoms with Gasteiger partial charge in [0, 0.05) is 5.75 Å². The molecule has 0 atom stereocenters. The van der Waals surface area contributed by atoms with Gasteiger partial charge in [0.1, 0.15) is 0 Å². The third-order valence-corrected chi connectivity index (χ3v) is 2.59. The summed E-state index contributed by atoms with van der Waals surface area (Å²) >= 11 is 1.86. The summed E-state index contributed by atoms with van der Waals surface area (Å²) in [6.07, 6.45) is 8.43. The van der Waals surface area contributed by atoms with Crippen molar-refractivity contribution in [1.29, 1.82) is 0 Å². The van der Waals surface area contributed by atoms with Gasteiger partial charge in [0.05, 0.1) is 6.61 Å². The summed E-state index contributed by atoms with van der Waals surface area (Å²) in [5, 5.41) is 8.63. The Labute approximate surface area is 85.9 Å². The maximum atomic E-state index is 8.63. The van der Waals surface area contributed by atoms with E-state index < -0.39 is 0 Å². The second-order valence-electron chi connectivity index (χ2n) is 3.26. The van der Waals surface area contributed by atoms with Crippen molar-refractivity contribution in [2.75, 3.05) is 18.6 Å². The molecule has 13 heavy (non-hydrogen) atoms. The fourth-order valence-corrected chi connectivity index (χ4v) is 1.66. The van der Waals surface area contributed by atoms with Crippen LogP contribution < -0.4 is 0 Å². The minimum Gasteiger partial charge on any atom is -0.392 e. The normalized spacial score (nSPS) is 13.5. The van der Waals surface area contributed by atoms with Gasteiger partial charge >= 0.3 is 0 Å². The smallest absolute Gasteiger partial charge is 0.0614 e. The Kier molecular flexibility index (Phi) is 8.26. The first-order valence-corrected chi connectivity index (χ1v) is 6.01. The lowest BCUT2D eigenvalue weighted by molar-refractivity contribution is 0.341. The van der Waals surface area contributed by atoms with E-state index in [1.807, 2.05) is 17.8 Å². The van der Waals surface area contributed by atoms with Crippen LogP contribution in [0.25, 0.3) is 0 Å². The van der Waals surface area contributed by atoms with Gasteiger partial charge in [-0.3, -0.25) is 0 Å². The van der Waals surface area contributed by atoms with Crippen molar-refractivity contribution < 1.29 is 5.11 Å². The third kappa shape index (κ3) is 8.13. The van der Waals surface area contributed by atoms with Crippen LogP contribution in [0.4, 0.5) is 0 Å². The van der Waals surface area contributed by atoms with Gasteiger partial charge in [-0.1, -0.05) is 23.3 Å². The molecule has 0 aliphatic carbocycles. The van der Waals surface area contributed by atoms with Crippen molar-refractivity contribution >= 4 is 11.8 Å². The van der Waals surface area contributed by atoms with Crippen molar-refractivity contribution in [3.05, 3.63) is 23.3 Å². The van der Waals surface area contributed by atoms with E-state index in [1.165, 1.54) is 11.1 Å². The van der Waals surface area contributed by atoms with Crippen LogP contribution in [0.2, 0.25) is 0 Å². The number of aliphatic hydroxyl groups is 1. The SMILES string of the molecule is CSC/C(C)=C/CC/C(C)=C/CO. The maximum Gasteiger partial charge on any atom is 0.0614 e. The molecular weight excluding hydrogens is 180 g/mol. The van der Waals surface area contributed by atoms with Crippen molar-refractivity contribution in [2.45, 2.75) is 26.7 Å². The van der Waals surface area contributed by atoms with Gasteiger partial charge in [-0.2, -0.15) is 11.8 Å².